The Morgan fingerprint density at radius 3 is 2.40 bits per heavy atom. The summed E-state index contributed by atoms with van der Waals surface area (Å²) >= 11 is -1.40. The molecule has 2 atom stereocenters. The molecule has 3 N–H and O–H groups in total. The van der Waals surface area contributed by atoms with Gasteiger partial charge in [0, 0.05) is 34.9 Å². The summed E-state index contributed by atoms with van der Waals surface area (Å²) in [6, 6.07) is 13.0. The minimum absolute atomic E-state index is 0.0503. The highest BCUT2D eigenvalue weighted by atomic mass is 32.2. The van der Waals surface area contributed by atoms with Crippen LogP contribution in [0.4, 0.5) is 5.69 Å². The predicted octanol–water partition coefficient (Wildman–Crippen LogP) is 3.12. The van der Waals surface area contributed by atoms with Crippen LogP contribution in [0.15, 0.2) is 58.3 Å². The number of amides is 1. The second kappa shape index (κ2) is 8.80. The van der Waals surface area contributed by atoms with Crippen LogP contribution in [0.1, 0.15) is 37.0 Å². The largest absolute Gasteiger partial charge is 0.606 e. The number of hydrogen-bond acceptors (Lipinski definition) is 4. The monoisotopic (exact) mass is 358 g/mol. The number of carbonyl (C=O) groups is 2. The van der Waals surface area contributed by atoms with Crippen molar-refractivity contribution in [2.75, 3.05) is 5.32 Å². The maximum Gasteiger partial charge on any atom is 0.241 e. The van der Waals surface area contributed by atoms with Crippen LogP contribution in [-0.4, -0.2) is 22.3 Å². The minimum Gasteiger partial charge on any atom is -0.606 e. The van der Waals surface area contributed by atoms with E-state index in [2.05, 4.69) is 5.32 Å². The summed E-state index contributed by atoms with van der Waals surface area (Å²) < 4.78 is 12.7. The molecule has 1 amide bonds. The molecule has 0 heterocycles. The van der Waals surface area contributed by atoms with E-state index < -0.39 is 17.2 Å². The number of nitrogens with one attached hydrogen (secondary N) is 1. The van der Waals surface area contributed by atoms with E-state index in [1.165, 1.54) is 0 Å². The van der Waals surface area contributed by atoms with Gasteiger partial charge in [-0.15, -0.1) is 0 Å². The normalized spacial score (nSPS) is 13.1. The first kappa shape index (κ1) is 19.2. The Balaban J connectivity index is 2.16. The van der Waals surface area contributed by atoms with E-state index in [0.717, 1.165) is 0 Å². The van der Waals surface area contributed by atoms with Crippen LogP contribution in [-0.2, 0) is 16.0 Å². The smallest absolute Gasteiger partial charge is 0.241 e. The lowest BCUT2D eigenvalue weighted by atomic mass is 10.1. The van der Waals surface area contributed by atoms with Crippen molar-refractivity contribution in [3.05, 3.63) is 54.1 Å². The Morgan fingerprint density at radius 1 is 1.12 bits per heavy atom. The number of carbonyl (C=O) groups excluding carboxylic acids is 2. The van der Waals surface area contributed by atoms with Gasteiger partial charge in [-0.3, -0.25) is 9.59 Å². The molecule has 0 bridgehead atoms. The highest BCUT2D eigenvalue weighted by Gasteiger charge is 2.17. The van der Waals surface area contributed by atoms with Crippen LogP contribution in [0.3, 0.4) is 0 Å². The molecule has 0 aliphatic heterocycles. The van der Waals surface area contributed by atoms with Crippen LogP contribution in [0.5, 0.6) is 0 Å². The van der Waals surface area contributed by atoms with Gasteiger partial charge in [-0.1, -0.05) is 19.9 Å². The van der Waals surface area contributed by atoms with E-state index in [0.29, 0.717) is 33.9 Å². The third kappa shape index (κ3) is 4.92. The van der Waals surface area contributed by atoms with Crippen LogP contribution in [0, 0.1) is 0 Å². The van der Waals surface area contributed by atoms with Crippen molar-refractivity contribution in [2.45, 2.75) is 42.5 Å². The molecule has 0 radical (unpaired) electrons. The lowest BCUT2D eigenvalue weighted by Crippen LogP contribution is -2.34. The lowest BCUT2D eigenvalue weighted by molar-refractivity contribution is -0.117. The molecule has 2 rings (SSSR count). The molecule has 0 aliphatic rings. The number of Topliss-reactive ketones (excluding diaryl/α,β-unsaturated/α-hetero) is 1. The molecule has 2 unspecified atom stereocenters. The van der Waals surface area contributed by atoms with Crippen molar-refractivity contribution < 1.29 is 14.1 Å². The molecule has 5 nitrogen and oxygen atoms in total. The van der Waals surface area contributed by atoms with Crippen molar-refractivity contribution in [2.24, 2.45) is 5.73 Å². The Labute approximate surface area is 150 Å². The van der Waals surface area contributed by atoms with E-state index in [-0.39, 0.29) is 11.7 Å². The third-order valence-corrected chi connectivity index (χ3v) is 5.19. The molecule has 2 aromatic carbocycles. The van der Waals surface area contributed by atoms with Gasteiger partial charge in [-0.2, -0.15) is 0 Å². The summed E-state index contributed by atoms with van der Waals surface area (Å²) in [6.45, 7) is 3.64. The van der Waals surface area contributed by atoms with Crippen LogP contribution in [0.25, 0.3) is 0 Å². The standard InChI is InChI=1S/C19H22N2O3S/c1-3-17(20)19(23)21-14-6-5-7-16(12-14)25(24)15-10-8-13(9-11-15)18(22)4-2/h5-12,17H,3-4,20H2,1-2H3,(H,21,23). The number of benzene rings is 2. The Morgan fingerprint density at radius 2 is 1.80 bits per heavy atom. The predicted molar refractivity (Wildman–Crippen MR) is 99.1 cm³/mol. The molecule has 6 heteroatoms. The van der Waals surface area contributed by atoms with Gasteiger partial charge >= 0.3 is 0 Å². The molecule has 0 fully saturated rings. The zero-order valence-electron chi connectivity index (χ0n) is 14.3. The summed E-state index contributed by atoms with van der Waals surface area (Å²) in [7, 11) is 0. The first-order chi connectivity index (χ1) is 12.0. The molecule has 0 spiro atoms. The van der Waals surface area contributed by atoms with E-state index in [1.54, 1.807) is 55.5 Å². The second-order valence-electron chi connectivity index (χ2n) is 5.60. The van der Waals surface area contributed by atoms with Crippen molar-refractivity contribution in [3.63, 3.8) is 0 Å². The van der Waals surface area contributed by atoms with Gasteiger partial charge in [-0.25, -0.2) is 0 Å². The van der Waals surface area contributed by atoms with Gasteiger partial charge in [0.2, 0.25) is 5.91 Å². The zero-order valence-corrected chi connectivity index (χ0v) is 15.1. The molecule has 0 aromatic heterocycles. The SMILES string of the molecule is CCC(=O)c1ccc([S+]([O-])c2cccc(NC(=O)C(N)CC)c2)cc1. The van der Waals surface area contributed by atoms with E-state index in [1.807, 2.05) is 6.92 Å². The molecular formula is C19H22N2O3S. The summed E-state index contributed by atoms with van der Waals surface area (Å²) in [4.78, 5) is 24.7. The molecule has 25 heavy (non-hydrogen) atoms. The first-order valence-electron chi connectivity index (χ1n) is 8.17. The topological polar surface area (TPSA) is 95.2 Å². The Hall–Kier alpha value is -2.15. The number of rotatable bonds is 7. The maximum absolute atomic E-state index is 12.7. The summed E-state index contributed by atoms with van der Waals surface area (Å²) in [6.07, 6.45) is 0.977. The van der Waals surface area contributed by atoms with Gasteiger partial charge in [0.1, 0.15) is 0 Å². The van der Waals surface area contributed by atoms with Gasteiger partial charge in [0.15, 0.2) is 15.6 Å². The van der Waals surface area contributed by atoms with Gasteiger partial charge in [-0.05, 0) is 42.8 Å². The molecule has 0 aliphatic carbocycles. The van der Waals surface area contributed by atoms with Gasteiger partial charge in [0.25, 0.3) is 0 Å². The minimum atomic E-state index is -1.40. The van der Waals surface area contributed by atoms with Crippen molar-refractivity contribution >= 4 is 28.6 Å². The number of hydrogen-bond donors (Lipinski definition) is 2. The summed E-state index contributed by atoms with van der Waals surface area (Å²) in [5, 5.41) is 2.73. The van der Waals surface area contributed by atoms with Gasteiger partial charge in [0.05, 0.1) is 6.04 Å². The molecule has 2 aromatic rings. The molecule has 132 valence electrons. The average molecular weight is 358 g/mol. The van der Waals surface area contributed by atoms with Gasteiger partial charge < -0.3 is 15.6 Å². The number of anilines is 1. The van der Waals surface area contributed by atoms with Crippen LogP contribution in [0.2, 0.25) is 0 Å². The summed E-state index contributed by atoms with van der Waals surface area (Å²) in [5.74, 6) is -0.220. The molecule has 0 saturated heterocycles. The van der Waals surface area contributed by atoms with Crippen LogP contribution >= 0.6 is 0 Å². The van der Waals surface area contributed by atoms with Crippen molar-refractivity contribution in [1.82, 2.24) is 0 Å². The third-order valence-electron chi connectivity index (χ3n) is 3.80. The fourth-order valence-electron chi connectivity index (χ4n) is 2.21. The average Bonchev–Trinajstić information content (AvgIpc) is 2.66. The maximum atomic E-state index is 12.7. The van der Waals surface area contributed by atoms with E-state index in [4.69, 9.17) is 5.73 Å². The highest BCUT2D eigenvalue weighted by molar-refractivity contribution is 7.91. The number of nitrogens with two attached hydrogens (primary N) is 1. The van der Waals surface area contributed by atoms with E-state index >= 15 is 0 Å². The quantitative estimate of drug-likeness (QED) is 0.587. The second-order valence-corrected chi connectivity index (χ2v) is 7.08. The highest BCUT2D eigenvalue weighted by Crippen LogP contribution is 2.24. The van der Waals surface area contributed by atoms with Crippen LogP contribution < -0.4 is 11.1 Å². The fraction of sp³-hybridized carbons (Fsp3) is 0.263. The number of ketones is 1. The van der Waals surface area contributed by atoms with E-state index in [9.17, 15) is 14.1 Å². The van der Waals surface area contributed by atoms with Crippen molar-refractivity contribution in [1.29, 1.82) is 0 Å². The Kier molecular flexibility index (Phi) is 6.75. The zero-order chi connectivity index (χ0) is 18.4. The molecular weight excluding hydrogens is 336 g/mol. The van der Waals surface area contributed by atoms with Crippen molar-refractivity contribution in [3.8, 4) is 0 Å². The lowest BCUT2D eigenvalue weighted by Gasteiger charge is -2.13. The first-order valence-corrected chi connectivity index (χ1v) is 9.32. The fourth-order valence-corrected chi connectivity index (χ4v) is 3.31. The molecule has 0 saturated carbocycles. The Bertz CT molecular complexity index is 747. The summed E-state index contributed by atoms with van der Waals surface area (Å²) in [5.41, 5.74) is 6.87.